The molecule has 1 fully saturated rings. The number of aliphatic carboxylic acids is 1. The predicted octanol–water partition coefficient (Wildman–Crippen LogP) is 4.42. The lowest BCUT2D eigenvalue weighted by atomic mass is 9.68. The molecule has 1 heterocycles. The Morgan fingerprint density at radius 2 is 1.74 bits per heavy atom. The van der Waals surface area contributed by atoms with Gasteiger partial charge in [0.1, 0.15) is 5.75 Å². The second-order valence-electron chi connectivity index (χ2n) is 11.7. The zero-order valence-electron chi connectivity index (χ0n) is 24.7. The quantitative estimate of drug-likeness (QED) is 0.115. The Labute approximate surface area is 252 Å². The van der Waals surface area contributed by atoms with E-state index in [1.165, 1.54) is 4.90 Å². The van der Waals surface area contributed by atoms with Gasteiger partial charge >= 0.3 is 5.97 Å². The molecule has 0 aromatic heterocycles. The number of hydrogen-bond donors (Lipinski definition) is 5. The van der Waals surface area contributed by atoms with Crippen LogP contribution in [0, 0.1) is 17.8 Å². The summed E-state index contributed by atoms with van der Waals surface area (Å²) in [5.74, 6) is -3.65. The first kappa shape index (κ1) is 32.4. The SMILES string of the molecule is CCC/C(=C\c1ccc(O)c2ccccc12)CC[C@@H](O)C1=C(CO)C[C@H]2C(=O)N(CCCCCC(=O)O)C(=O)[C@H]2[C@H]1CO. The molecule has 0 bridgehead atoms. The molecule has 2 amide bonds. The fraction of sp³-hybridized carbons (Fsp3) is 0.500. The van der Waals surface area contributed by atoms with E-state index in [0.29, 0.717) is 43.3 Å². The number of allylic oxidation sites excluding steroid dienone is 1. The van der Waals surface area contributed by atoms with Gasteiger partial charge in [0.2, 0.25) is 11.8 Å². The van der Waals surface area contributed by atoms with Crippen LogP contribution in [0.2, 0.25) is 0 Å². The number of aromatic hydroxyl groups is 1. The number of phenolic OH excluding ortho intramolecular Hbond substituents is 1. The zero-order chi connectivity index (χ0) is 31.1. The standard InChI is InChI=1S/C34H43NO8/c1-2-8-21(17-22-13-15-28(38)25-10-6-5-9-24(22)25)12-14-29(39)31-23(19-36)18-26-32(27(31)20-37)34(43)35(33(26)42)16-7-3-4-11-30(40)41/h5-6,9-10,13,15,17,26-27,29,32,36-39H,2-4,7-8,11-12,14,16,18-20H2,1H3,(H,40,41)/b21-17+/t26-,27+,29-,32-/m1/s1. The molecule has 1 aliphatic heterocycles. The van der Waals surface area contributed by atoms with Crippen LogP contribution in [0.3, 0.4) is 0 Å². The highest BCUT2D eigenvalue weighted by atomic mass is 16.4. The molecule has 1 aliphatic carbocycles. The lowest BCUT2D eigenvalue weighted by Gasteiger charge is -2.36. The van der Waals surface area contributed by atoms with Crippen LogP contribution in [0.1, 0.15) is 70.3 Å². The zero-order valence-corrected chi connectivity index (χ0v) is 24.7. The normalized spacial score (nSPS) is 21.5. The second-order valence-corrected chi connectivity index (χ2v) is 11.7. The highest BCUT2D eigenvalue weighted by Crippen LogP contribution is 2.46. The fourth-order valence-electron chi connectivity index (χ4n) is 6.83. The molecule has 9 nitrogen and oxygen atoms in total. The molecule has 43 heavy (non-hydrogen) atoms. The van der Waals surface area contributed by atoms with Crippen LogP contribution in [0.25, 0.3) is 16.8 Å². The van der Waals surface area contributed by atoms with Crippen LogP contribution in [-0.4, -0.2) is 74.1 Å². The van der Waals surface area contributed by atoms with Crippen molar-refractivity contribution in [3.63, 3.8) is 0 Å². The number of amides is 2. The number of benzene rings is 2. The number of phenols is 1. The average molecular weight is 594 g/mol. The molecular formula is C34H43NO8. The average Bonchev–Trinajstić information content (AvgIpc) is 3.24. The van der Waals surface area contributed by atoms with Crippen molar-refractivity contribution in [1.82, 2.24) is 4.90 Å². The first-order valence-corrected chi connectivity index (χ1v) is 15.3. The molecule has 232 valence electrons. The summed E-state index contributed by atoms with van der Waals surface area (Å²) >= 11 is 0. The third-order valence-electron chi connectivity index (χ3n) is 8.90. The van der Waals surface area contributed by atoms with E-state index in [1.54, 1.807) is 6.07 Å². The maximum absolute atomic E-state index is 13.4. The smallest absolute Gasteiger partial charge is 0.303 e. The number of imide groups is 1. The minimum atomic E-state index is -1.01. The number of carboxylic acid groups (broad SMARTS) is 1. The number of nitrogens with zero attached hydrogens (tertiary/aromatic N) is 1. The molecule has 9 heteroatoms. The number of aliphatic hydroxyl groups is 3. The molecule has 4 atom stereocenters. The molecule has 0 saturated carbocycles. The van der Waals surface area contributed by atoms with Crippen molar-refractivity contribution in [1.29, 1.82) is 0 Å². The van der Waals surface area contributed by atoms with Crippen molar-refractivity contribution in [2.24, 2.45) is 17.8 Å². The molecule has 0 spiro atoms. The Balaban J connectivity index is 1.51. The van der Waals surface area contributed by atoms with Crippen molar-refractivity contribution in [2.45, 2.75) is 70.8 Å². The second kappa shape index (κ2) is 14.8. The maximum atomic E-state index is 13.4. The highest BCUT2D eigenvalue weighted by molar-refractivity contribution is 6.06. The van der Waals surface area contributed by atoms with Crippen LogP contribution in [0.5, 0.6) is 5.75 Å². The van der Waals surface area contributed by atoms with Gasteiger partial charge in [0.25, 0.3) is 0 Å². The molecule has 2 aromatic carbocycles. The number of carboxylic acids is 1. The summed E-state index contributed by atoms with van der Waals surface area (Å²) in [7, 11) is 0. The van der Waals surface area contributed by atoms with Crippen molar-refractivity contribution >= 4 is 34.6 Å². The number of rotatable bonds is 15. The molecule has 0 unspecified atom stereocenters. The van der Waals surface area contributed by atoms with E-state index in [2.05, 4.69) is 13.0 Å². The minimum Gasteiger partial charge on any atom is -0.507 e. The van der Waals surface area contributed by atoms with Crippen LogP contribution >= 0.6 is 0 Å². The van der Waals surface area contributed by atoms with Gasteiger partial charge in [-0.15, -0.1) is 0 Å². The van der Waals surface area contributed by atoms with Gasteiger partial charge in [0.15, 0.2) is 0 Å². The Morgan fingerprint density at radius 1 is 1.00 bits per heavy atom. The number of carbonyl (C=O) groups excluding carboxylic acids is 2. The van der Waals surface area contributed by atoms with Gasteiger partial charge in [-0.05, 0) is 66.7 Å². The number of carbonyl (C=O) groups is 3. The first-order valence-electron chi connectivity index (χ1n) is 15.3. The summed E-state index contributed by atoms with van der Waals surface area (Å²) in [5.41, 5.74) is 3.04. The molecule has 1 saturated heterocycles. The van der Waals surface area contributed by atoms with E-state index in [9.17, 15) is 34.8 Å². The van der Waals surface area contributed by atoms with E-state index < -0.39 is 36.4 Å². The lowest BCUT2D eigenvalue weighted by molar-refractivity contribution is -0.141. The van der Waals surface area contributed by atoms with Crippen LogP contribution in [0.15, 0.2) is 53.1 Å². The summed E-state index contributed by atoms with van der Waals surface area (Å²) in [4.78, 5) is 38.7. The minimum absolute atomic E-state index is 0.0332. The van der Waals surface area contributed by atoms with E-state index >= 15 is 0 Å². The summed E-state index contributed by atoms with van der Waals surface area (Å²) in [6.07, 6.45) is 5.36. The molecule has 2 aromatic rings. The van der Waals surface area contributed by atoms with Gasteiger partial charge < -0.3 is 25.5 Å². The van der Waals surface area contributed by atoms with Crippen LogP contribution in [0.4, 0.5) is 0 Å². The van der Waals surface area contributed by atoms with Gasteiger partial charge in [0.05, 0.1) is 31.2 Å². The van der Waals surface area contributed by atoms with E-state index in [4.69, 9.17) is 5.11 Å². The molecule has 2 aliphatic rings. The van der Waals surface area contributed by atoms with E-state index in [0.717, 1.165) is 34.8 Å². The summed E-state index contributed by atoms with van der Waals surface area (Å²) in [5, 5.41) is 52.9. The largest absolute Gasteiger partial charge is 0.507 e. The fourth-order valence-corrected chi connectivity index (χ4v) is 6.83. The van der Waals surface area contributed by atoms with Crippen molar-refractivity contribution < 1.29 is 39.9 Å². The van der Waals surface area contributed by atoms with Crippen molar-refractivity contribution in [2.75, 3.05) is 19.8 Å². The molecule has 0 radical (unpaired) electrons. The van der Waals surface area contributed by atoms with Crippen LogP contribution < -0.4 is 0 Å². The lowest BCUT2D eigenvalue weighted by Crippen LogP contribution is -2.39. The number of unbranched alkanes of at least 4 members (excludes halogenated alkanes) is 2. The summed E-state index contributed by atoms with van der Waals surface area (Å²) in [6, 6.07) is 11.2. The Bertz CT molecular complexity index is 1400. The van der Waals surface area contributed by atoms with E-state index in [-0.39, 0.29) is 43.6 Å². The van der Waals surface area contributed by atoms with Gasteiger partial charge in [0, 0.05) is 24.3 Å². The van der Waals surface area contributed by atoms with Gasteiger partial charge in [-0.1, -0.05) is 61.7 Å². The van der Waals surface area contributed by atoms with E-state index in [1.807, 2.05) is 30.3 Å². The predicted molar refractivity (Wildman–Crippen MR) is 163 cm³/mol. The van der Waals surface area contributed by atoms with Gasteiger partial charge in [-0.3, -0.25) is 19.3 Å². The molecular weight excluding hydrogens is 550 g/mol. The summed E-state index contributed by atoms with van der Waals surface area (Å²) in [6.45, 7) is 1.46. The summed E-state index contributed by atoms with van der Waals surface area (Å²) < 4.78 is 0. The van der Waals surface area contributed by atoms with Crippen molar-refractivity contribution in [3.8, 4) is 5.75 Å². The van der Waals surface area contributed by atoms with Gasteiger partial charge in [-0.2, -0.15) is 0 Å². The van der Waals surface area contributed by atoms with Gasteiger partial charge in [-0.25, -0.2) is 0 Å². The van der Waals surface area contributed by atoms with Crippen LogP contribution in [-0.2, 0) is 14.4 Å². The Hall–Kier alpha value is -3.53. The molecule has 5 N–H and O–H groups in total. The Kier molecular flexibility index (Phi) is 11.1. The van der Waals surface area contributed by atoms with Crippen molar-refractivity contribution in [3.05, 3.63) is 58.7 Å². The third kappa shape index (κ3) is 7.17. The number of fused-ring (bicyclic) bond motifs is 2. The third-order valence-corrected chi connectivity index (χ3v) is 8.90. The topological polar surface area (TPSA) is 156 Å². The first-order chi connectivity index (χ1) is 20.7. The molecule has 4 rings (SSSR count). The highest BCUT2D eigenvalue weighted by Gasteiger charge is 2.54. The number of hydrogen-bond acceptors (Lipinski definition) is 7. The Morgan fingerprint density at radius 3 is 2.42 bits per heavy atom. The number of likely N-dealkylation sites (tertiary alicyclic amines) is 1. The maximum Gasteiger partial charge on any atom is 0.303 e. The monoisotopic (exact) mass is 593 g/mol. The number of aliphatic hydroxyl groups excluding tert-OH is 3.